The molecule has 1 atom stereocenters. The molecule has 1 aliphatic rings. The van der Waals surface area contributed by atoms with Gasteiger partial charge in [0.2, 0.25) is 0 Å². The molecule has 0 spiro atoms. The minimum atomic E-state index is -3.81. The molecule has 0 radical (unpaired) electrons. The van der Waals surface area contributed by atoms with Gasteiger partial charge < -0.3 is 0 Å². The van der Waals surface area contributed by atoms with Crippen molar-refractivity contribution in [3.8, 4) is 0 Å². The maximum absolute atomic E-state index is 14.1. The Balaban J connectivity index is 1.73. The summed E-state index contributed by atoms with van der Waals surface area (Å²) in [7, 11) is -3.81. The van der Waals surface area contributed by atoms with Gasteiger partial charge in [-0.15, -0.1) is 0 Å². The molecular weight excluding hydrogens is 450 g/mol. The minimum Gasteiger partial charge on any atom is -0.265 e. The topological polar surface area (TPSA) is 37.4 Å². The molecule has 0 aromatic heterocycles. The standard InChI is InChI=1S/C31H27NO2S/c1-24-17-19-30(20-18-24)35(33,34)32-23-29(26-13-7-3-8-14-26)21-28(25-11-5-2-6-12-25)22-31(32)27-15-9-4-10-16-27/h2-22,29H,23H2,1H3. The first-order valence-corrected chi connectivity index (χ1v) is 13.1. The Morgan fingerprint density at radius 2 is 1.23 bits per heavy atom. The molecule has 0 bridgehead atoms. The summed E-state index contributed by atoms with van der Waals surface area (Å²) in [5.41, 5.74) is 5.68. The molecule has 4 heteroatoms. The minimum absolute atomic E-state index is 0.121. The largest absolute Gasteiger partial charge is 0.265 e. The molecule has 4 aromatic carbocycles. The second-order valence-electron chi connectivity index (χ2n) is 8.75. The highest BCUT2D eigenvalue weighted by Gasteiger charge is 2.32. The summed E-state index contributed by atoms with van der Waals surface area (Å²) in [4.78, 5) is 0.292. The molecule has 4 aromatic rings. The summed E-state index contributed by atoms with van der Waals surface area (Å²) < 4.78 is 29.8. The van der Waals surface area contributed by atoms with E-state index >= 15 is 0 Å². The molecule has 174 valence electrons. The van der Waals surface area contributed by atoms with Gasteiger partial charge in [-0.25, -0.2) is 8.42 Å². The van der Waals surface area contributed by atoms with Crippen molar-refractivity contribution in [1.82, 2.24) is 4.31 Å². The first-order valence-electron chi connectivity index (χ1n) is 11.7. The van der Waals surface area contributed by atoms with E-state index in [4.69, 9.17) is 0 Å². The Labute approximate surface area is 207 Å². The van der Waals surface area contributed by atoms with Gasteiger partial charge in [0.05, 0.1) is 10.6 Å². The Morgan fingerprint density at radius 3 is 1.83 bits per heavy atom. The lowest BCUT2D eigenvalue weighted by molar-refractivity contribution is 0.499. The van der Waals surface area contributed by atoms with Gasteiger partial charge in [0, 0.05) is 12.5 Å². The van der Waals surface area contributed by atoms with Crippen molar-refractivity contribution in [2.75, 3.05) is 6.54 Å². The van der Waals surface area contributed by atoms with Crippen LogP contribution >= 0.6 is 0 Å². The fourth-order valence-corrected chi connectivity index (χ4v) is 5.94. The first-order chi connectivity index (χ1) is 17.0. The van der Waals surface area contributed by atoms with Gasteiger partial charge in [-0.2, -0.15) is 0 Å². The van der Waals surface area contributed by atoms with Crippen LogP contribution in [0.25, 0.3) is 11.3 Å². The summed E-state index contributed by atoms with van der Waals surface area (Å²) in [6.45, 7) is 2.26. The normalized spacial score (nSPS) is 16.3. The van der Waals surface area contributed by atoms with E-state index < -0.39 is 10.0 Å². The lowest BCUT2D eigenvalue weighted by Crippen LogP contribution is -2.32. The molecule has 5 rings (SSSR count). The molecule has 0 saturated carbocycles. The number of rotatable bonds is 5. The Kier molecular flexibility index (Phi) is 6.39. The van der Waals surface area contributed by atoms with Crippen LogP contribution in [0.5, 0.6) is 0 Å². The zero-order valence-corrected chi connectivity index (χ0v) is 20.4. The van der Waals surface area contributed by atoms with Crippen molar-refractivity contribution in [3.05, 3.63) is 150 Å². The molecule has 1 aliphatic heterocycles. The first kappa shape index (κ1) is 22.9. The molecule has 0 N–H and O–H groups in total. The molecule has 35 heavy (non-hydrogen) atoms. The van der Waals surface area contributed by atoms with Crippen LogP contribution in [0.4, 0.5) is 0 Å². The maximum Gasteiger partial charge on any atom is 0.264 e. The highest BCUT2D eigenvalue weighted by molar-refractivity contribution is 7.89. The number of nitrogens with zero attached hydrogens (tertiary/aromatic N) is 1. The van der Waals surface area contributed by atoms with E-state index in [9.17, 15) is 8.42 Å². The molecule has 1 heterocycles. The Hall–Kier alpha value is -3.89. The van der Waals surface area contributed by atoms with Gasteiger partial charge in [0.15, 0.2) is 0 Å². The van der Waals surface area contributed by atoms with Crippen LogP contribution in [0.3, 0.4) is 0 Å². The number of aryl methyl sites for hydroxylation is 1. The molecule has 3 nitrogen and oxygen atoms in total. The van der Waals surface area contributed by atoms with Crippen LogP contribution in [0.1, 0.15) is 28.2 Å². The van der Waals surface area contributed by atoms with E-state index in [0.717, 1.165) is 27.8 Å². The van der Waals surface area contributed by atoms with Gasteiger partial charge in [-0.3, -0.25) is 4.31 Å². The maximum atomic E-state index is 14.1. The Bertz CT molecular complexity index is 1460. The van der Waals surface area contributed by atoms with Gasteiger partial charge >= 0.3 is 0 Å². The predicted octanol–water partition coefficient (Wildman–Crippen LogP) is 6.91. The summed E-state index contributed by atoms with van der Waals surface area (Å²) in [5.74, 6) is -0.121. The fraction of sp³-hybridized carbons (Fsp3) is 0.0968. The number of allylic oxidation sites excluding steroid dienone is 2. The second kappa shape index (κ2) is 9.77. The lowest BCUT2D eigenvalue weighted by Gasteiger charge is -2.29. The number of sulfonamides is 1. The highest BCUT2D eigenvalue weighted by Crippen LogP contribution is 2.37. The van der Waals surface area contributed by atoms with Crippen LogP contribution in [0.2, 0.25) is 0 Å². The average molecular weight is 478 g/mol. The quantitative estimate of drug-likeness (QED) is 0.313. The number of hydrogen-bond acceptors (Lipinski definition) is 2. The van der Waals surface area contributed by atoms with Crippen molar-refractivity contribution in [1.29, 1.82) is 0 Å². The molecule has 0 aliphatic carbocycles. The Morgan fingerprint density at radius 1 is 0.686 bits per heavy atom. The van der Waals surface area contributed by atoms with Crippen molar-refractivity contribution in [2.45, 2.75) is 17.7 Å². The van der Waals surface area contributed by atoms with E-state index in [1.807, 2.05) is 91.9 Å². The van der Waals surface area contributed by atoms with E-state index in [-0.39, 0.29) is 5.92 Å². The third-order valence-corrected chi connectivity index (χ3v) is 8.11. The van der Waals surface area contributed by atoms with Gasteiger partial charge in [0.1, 0.15) is 0 Å². The highest BCUT2D eigenvalue weighted by atomic mass is 32.2. The third-order valence-electron chi connectivity index (χ3n) is 6.32. The predicted molar refractivity (Wildman–Crippen MR) is 143 cm³/mol. The second-order valence-corrected chi connectivity index (χ2v) is 10.6. The van der Waals surface area contributed by atoms with Crippen LogP contribution in [0.15, 0.2) is 132 Å². The SMILES string of the molecule is Cc1ccc(S(=O)(=O)N2CC(c3ccccc3)C=C(c3ccccc3)C=C2c2ccccc2)cc1. The van der Waals surface area contributed by atoms with Crippen LogP contribution in [0, 0.1) is 6.92 Å². The number of hydrogen-bond donors (Lipinski definition) is 0. The van der Waals surface area contributed by atoms with Crippen molar-refractivity contribution < 1.29 is 8.42 Å². The smallest absolute Gasteiger partial charge is 0.264 e. The van der Waals surface area contributed by atoms with Gasteiger partial charge in [-0.1, -0.05) is 115 Å². The van der Waals surface area contributed by atoms with Crippen LogP contribution in [-0.2, 0) is 10.0 Å². The summed E-state index contributed by atoms with van der Waals surface area (Å²) in [5, 5.41) is 0. The van der Waals surface area contributed by atoms with E-state index in [2.05, 4.69) is 30.3 Å². The molecular formula is C31H27NO2S. The summed E-state index contributed by atoms with van der Waals surface area (Å²) in [6, 6.07) is 37.1. The van der Waals surface area contributed by atoms with Crippen LogP contribution in [-0.4, -0.2) is 19.3 Å². The van der Waals surface area contributed by atoms with E-state index in [1.54, 1.807) is 16.4 Å². The van der Waals surface area contributed by atoms with Gasteiger partial charge in [0.25, 0.3) is 10.0 Å². The third kappa shape index (κ3) is 4.84. The van der Waals surface area contributed by atoms with E-state index in [0.29, 0.717) is 17.1 Å². The molecule has 0 saturated heterocycles. The van der Waals surface area contributed by atoms with Crippen molar-refractivity contribution in [2.24, 2.45) is 0 Å². The van der Waals surface area contributed by atoms with Crippen molar-refractivity contribution >= 4 is 21.3 Å². The fourth-order valence-electron chi connectivity index (χ4n) is 4.43. The average Bonchev–Trinajstić information content (AvgIpc) is 3.12. The molecule has 0 fully saturated rings. The monoisotopic (exact) mass is 477 g/mol. The molecule has 0 amide bonds. The van der Waals surface area contributed by atoms with Crippen LogP contribution < -0.4 is 0 Å². The zero-order chi connectivity index (χ0) is 24.3. The molecule has 1 unspecified atom stereocenters. The zero-order valence-electron chi connectivity index (χ0n) is 19.6. The number of benzene rings is 4. The van der Waals surface area contributed by atoms with Gasteiger partial charge in [-0.05, 0) is 47.4 Å². The van der Waals surface area contributed by atoms with E-state index in [1.165, 1.54) is 0 Å². The van der Waals surface area contributed by atoms with Crippen molar-refractivity contribution in [3.63, 3.8) is 0 Å². The lowest BCUT2D eigenvalue weighted by atomic mass is 9.94. The summed E-state index contributed by atoms with van der Waals surface area (Å²) >= 11 is 0. The summed E-state index contributed by atoms with van der Waals surface area (Å²) in [6.07, 6.45) is 4.21.